The van der Waals surface area contributed by atoms with Crippen molar-refractivity contribution >= 4 is 23.1 Å². The van der Waals surface area contributed by atoms with Crippen molar-refractivity contribution < 1.29 is 9.72 Å². The number of benzene rings is 1. The van der Waals surface area contributed by atoms with Gasteiger partial charge in [0.2, 0.25) is 5.91 Å². The van der Waals surface area contributed by atoms with Crippen LogP contribution in [0.1, 0.15) is 32.9 Å². The second-order valence-electron chi connectivity index (χ2n) is 7.62. The lowest BCUT2D eigenvalue weighted by molar-refractivity contribution is -0.384. The van der Waals surface area contributed by atoms with E-state index in [1.807, 2.05) is 20.8 Å². The Morgan fingerprint density at radius 1 is 1.17 bits per heavy atom. The van der Waals surface area contributed by atoms with E-state index in [0.29, 0.717) is 17.5 Å². The number of aromatic nitrogens is 4. The molecule has 0 bridgehead atoms. The molecule has 3 rings (SSSR count). The van der Waals surface area contributed by atoms with Gasteiger partial charge in [0.1, 0.15) is 11.5 Å². The van der Waals surface area contributed by atoms with E-state index in [2.05, 4.69) is 25.7 Å². The summed E-state index contributed by atoms with van der Waals surface area (Å²) in [5, 5.41) is 21.4. The van der Waals surface area contributed by atoms with Crippen molar-refractivity contribution in [2.45, 2.75) is 32.6 Å². The van der Waals surface area contributed by atoms with Crippen molar-refractivity contribution in [3.05, 3.63) is 64.6 Å². The van der Waals surface area contributed by atoms with Crippen molar-refractivity contribution in [1.82, 2.24) is 19.7 Å². The van der Waals surface area contributed by atoms with E-state index in [1.54, 1.807) is 42.7 Å². The quantitative estimate of drug-likeness (QED) is 0.452. The van der Waals surface area contributed by atoms with E-state index in [1.165, 1.54) is 10.7 Å². The van der Waals surface area contributed by atoms with Crippen LogP contribution in [0.3, 0.4) is 0 Å². The predicted octanol–water partition coefficient (Wildman–Crippen LogP) is 3.31. The topological polar surface area (TPSA) is 128 Å². The molecule has 0 fully saturated rings. The number of para-hydroxylation sites is 2. The Morgan fingerprint density at radius 2 is 1.87 bits per heavy atom. The minimum absolute atomic E-state index is 0.0352. The lowest BCUT2D eigenvalue weighted by Crippen LogP contribution is -2.19. The van der Waals surface area contributed by atoms with Crippen molar-refractivity contribution in [3.63, 3.8) is 0 Å². The maximum Gasteiger partial charge on any atom is 0.292 e. The molecule has 1 amide bonds. The van der Waals surface area contributed by atoms with Crippen LogP contribution in [0.25, 0.3) is 5.95 Å². The monoisotopic (exact) mass is 409 g/mol. The molecular formula is C20H23N7O3. The summed E-state index contributed by atoms with van der Waals surface area (Å²) in [6.07, 6.45) is 3.31. The van der Waals surface area contributed by atoms with Crippen LogP contribution in [0.15, 0.2) is 48.8 Å². The second-order valence-corrected chi connectivity index (χ2v) is 7.62. The summed E-state index contributed by atoms with van der Waals surface area (Å²) in [6.45, 7) is 6.30. The van der Waals surface area contributed by atoms with Crippen LogP contribution in [0.2, 0.25) is 0 Å². The van der Waals surface area contributed by atoms with Gasteiger partial charge in [-0.25, -0.2) is 9.97 Å². The Kier molecular flexibility index (Phi) is 6.05. The van der Waals surface area contributed by atoms with E-state index < -0.39 is 4.92 Å². The highest BCUT2D eigenvalue weighted by Gasteiger charge is 2.22. The van der Waals surface area contributed by atoms with Crippen molar-refractivity contribution in [2.75, 3.05) is 17.2 Å². The summed E-state index contributed by atoms with van der Waals surface area (Å²) in [4.78, 5) is 31.5. The number of carbonyl (C=O) groups excluding carboxylic acids is 1. The summed E-state index contributed by atoms with van der Waals surface area (Å²) in [6, 6.07) is 9.80. The summed E-state index contributed by atoms with van der Waals surface area (Å²) in [7, 11) is 0. The maximum absolute atomic E-state index is 12.5. The third-order valence-corrected chi connectivity index (χ3v) is 4.26. The van der Waals surface area contributed by atoms with Gasteiger partial charge in [0.15, 0.2) is 0 Å². The Hall–Kier alpha value is -3.82. The molecule has 2 N–H and O–H groups in total. The van der Waals surface area contributed by atoms with Gasteiger partial charge in [-0.3, -0.25) is 14.9 Å². The average molecular weight is 409 g/mol. The average Bonchev–Trinajstić information content (AvgIpc) is 3.13. The SMILES string of the molecule is CC(C)(C)c1cc(NC(=O)CCNc2ccccc2[N+](=O)[O-])n(-c2ncccn2)n1. The Balaban J connectivity index is 1.71. The van der Waals surface area contributed by atoms with E-state index in [0.717, 1.165) is 5.69 Å². The van der Waals surface area contributed by atoms with Crippen molar-refractivity contribution in [2.24, 2.45) is 0 Å². The first-order valence-corrected chi connectivity index (χ1v) is 9.41. The van der Waals surface area contributed by atoms with Crippen LogP contribution >= 0.6 is 0 Å². The molecule has 0 spiro atoms. The zero-order valence-electron chi connectivity index (χ0n) is 17.0. The van der Waals surface area contributed by atoms with E-state index in [9.17, 15) is 14.9 Å². The van der Waals surface area contributed by atoms with Gasteiger partial charge in [0.25, 0.3) is 11.6 Å². The molecule has 2 heterocycles. The molecule has 0 radical (unpaired) electrons. The summed E-state index contributed by atoms with van der Waals surface area (Å²) < 4.78 is 1.49. The number of carbonyl (C=O) groups is 1. The fraction of sp³-hybridized carbons (Fsp3) is 0.300. The highest BCUT2D eigenvalue weighted by Crippen LogP contribution is 2.26. The lowest BCUT2D eigenvalue weighted by Gasteiger charge is -2.13. The summed E-state index contributed by atoms with van der Waals surface area (Å²) in [5.41, 5.74) is 0.885. The lowest BCUT2D eigenvalue weighted by atomic mass is 9.92. The van der Waals surface area contributed by atoms with Gasteiger partial charge in [-0.15, -0.1) is 0 Å². The van der Waals surface area contributed by atoms with Gasteiger partial charge in [0, 0.05) is 42.9 Å². The van der Waals surface area contributed by atoms with Crippen LogP contribution in [0, 0.1) is 10.1 Å². The number of nitrogens with one attached hydrogen (secondary N) is 2. The minimum atomic E-state index is -0.463. The van der Waals surface area contributed by atoms with Gasteiger partial charge in [-0.05, 0) is 12.1 Å². The normalized spacial score (nSPS) is 11.2. The first kappa shape index (κ1) is 20.9. The number of nitro groups is 1. The van der Waals surface area contributed by atoms with Crippen LogP contribution in [0.4, 0.5) is 17.2 Å². The maximum atomic E-state index is 12.5. The van der Waals surface area contributed by atoms with Crippen LogP contribution in [-0.4, -0.2) is 37.1 Å². The molecule has 3 aromatic rings. The molecule has 156 valence electrons. The third-order valence-electron chi connectivity index (χ3n) is 4.26. The highest BCUT2D eigenvalue weighted by atomic mass is 16.6. The molecular weight excluding hydrogens is 386 g/mol. The molecule has 0 aliphatic rings. The van der Waals surface area contributed by atoms with E-state index in [4.69, 9.17) is 0 Å². The largest absolute Gasteiger partial charge is 0.379 e. The first-order valence-electron chi connectivity index (χ1n) is 9.41. The molecule has 0 saturated carbocycles. The number of hydrogen-bond donors (Lipinski definition) is 2. The van der Waals surface area contributed by atoms with Gasteiger partial charge in [0.05, 0.1) is 10.6 Å². The Morgan fingerprint density at radius 3 is 2.53 bits per heavy atom. The van der Waals surface area contributed by atoms with Crippen LogP contribution < -0.4 is 10.6 Å². The van der Waals surface area contributed by atoms with Gasteiger partial charge >= 0.3 is 0 Å². The minimum Gasteiger partial charge on any atom is -0.379 e. The van der Waals surface area contributed by atoms with Crippen molar-refractivity contribution in [1.29, 1.82) is 0 Å². The smallest absolute Gasteiger partial charge is 0.292 e. The van der Waals surface area contributed by atoms with Crippen LogP contribution in [-0.2, 0) is 10.2 Å². The molecule has 0 unspecified atom stereocenters. The number of hydrogen-bond acceptors (Lipinski definition) is 7. The molecule has 1 aromatic carbocycles. The molecule has 2 aromatic heterocycles. The molecule has 0 saturated heterocycles. The molecule has 10 heteroatoms. The third kappa shape index (κ3) is 4.96. The molecule has 0 aliphatic heterocycles. The summed E-state index contributed by atoms with van der Waals surface area (Å²) in [5.74, 6) is 0.543. The zero-order valence-corrected chi connectivity index (χ0v) is 17.0. The molecule has 10 nitrogen and oxygen atoms in total. The summed E-state index contributed by atoms with van der Waals surface area (Å²) >= 11 is 0. The van der Waals surface area contributed by atoms with E-state index in [-0.39, 0.29) is 30.0 Å². The van der Waals surface area contributed by atoms with Crippen molar-refractivity contribution in [3.8, 4) is 5.95 Å². The van der Waals surface area contributed by atoms with E-state index >= 15 is 0 Å². The second kappa shape index (κ2) is 8.68. The first-order chi connectivity index (χ1) is 14.3. The number of amides is 1. The number of anilines is 2. The van der Waals surface area contributed by atoms with Gasteiger partial charge < -0.3 is 10.6 Å². The number of nitrogens with zero attached hydrogens (tertiary/aromatic N) is 5. The Labute approximate surface area is 173 Å². The fourth-order valence-corrected chi connectivity index (χ4v) is 2.69. The Bertz CT molecular complexity index is 1040. The van der Waals surface area contributed by atoms with Gasteiger partial charge in [-0.1, -0.05) is 32.9 Å². The molecule has 0 aliphatic carbocycles. The number of nitro benzene ring substituents is 1. The highest BCUT2D eigenvalue weighted by molar-refractivity contribution is 5.90. The van der Waals surface area contributed by atoms with Crippen LogP contribution in [0.5, 0.6) is 0 Å². The standard InChI is InChI=1S/C20H23N7O3/c1-20(2,3)16-13-17(26(25-16)19-22-10-6-11-23-19)24-18(28)9-12-21-14-7-4-5-8-15(14)27(29)30/h4-8,10-11,13,21H,9,12H2,1-3H3,(H,24,28). The fourth-order valence-electron chi connectivity index (χ4n) is 2.69. The van der Waals surface area contributed by atoms with Gasteiger partial charge in [-0.2, -0.15) is 9.78 Å². The molecule has 30 heavy (non-hydrogen) atoms. The number of rotatable bonds is 7. The predicted molar refractivity (Wildman–Crippen MR) is 113 cm³/mol. The molecule has 0 atom stereocenters. The zero-order chi connectivity index (χ0) is 21.7.